The summed E-state index contributed by atoms with van der Waals surface area (Å²) >= 11 is 0. The summed E-state index contributed by atoms with van der Waals surface area (Å²) in [6, 6.07) is 2.70. The summed E-state index contributed by atoms with van der Waals surface area (Å²) in [5, 5.41) is 16.2. The summed E-state index contributed by atoms with van der Waals surface area (Å²) in [4.78, 5) is 2.23. The van der Waals surface area contributed by atoms with E-state index in [1.807, 2.05) is 0 Å². The van der Waals surface area contributed by atoms with Gasteiger partial charge >= 0.3 is 0 Å². The Balaban J connectivity index is 1.74. The lowest BCUT2D eigenvalue weighted by atomic mass is 10.2. The molecule has 1 aliphatic rings. The molecule has 6 heteroatoms. The van der Waals surface area contributed by atoms with E-state index < -0.39 is 0 Å². The Hall–Kier alpha value is -1.69. The summed E-state index contributed by atoms with van der Waals surface area (Å²) in [6.07, 6.45) is 5.26. The van der Waals surface area contributed by atoms with E-state index in [-0.39, 0.29) is 0 Å². The van der Waals surface area contributed by atoms with Crippen molar-refractivity contribution in [2.24, 2.45) is 0 Å². The quantitative estimate of drug-likeness (QED) is 0.869. The molecule has 20 heavy (non-hydrogen) atoms. The Morgan fingerprint density at radius 1 is 1.45 bits per heavy atom. The number of fused-ring (bicyclic) bond motifs is 1. The summed E-state index contributed by atoms with van der Waals surface area (Å²) in [5.41, 5.74) is 3.01. The molecule has 1 aliphatic carbocycles. The zero-order valence-electron chi connectivity index (χ0n) is 12.4. The number of anilines is 1. The second-order valence-corrected chi connectivity index (χ2v) is 5.88. The van der Waals surface area contributed by atoms with Gasteiger partial charge in [-0.1, -0.05) is 0 Å². The third-order valence-electron chi connectivity index (χ3n) is 4.04. The van der Waals surface area contributed by atoms with Gasteiger partial charge in [0.25, 0.3) is 0 Å². The number of nitrogens with one attached hydrogen (secondary N) is 1. The van der Waals surface area contributed by atoms with Crippen LogP contribution in [0.5, 0.6) is 0 Å². The molecule has 1 fully saturated rings. The third-order valence-corrected chi connectivity index (χ3v) is 4.04. The lowest BCUT2D eigenvalue weighted by Gasteiger charge is -2.20. The van der Waals surface area contributed by atoms with Gasteiger partial charge in [0.2, 0.25) is 5.65 Å². The molecule has 0 saturated heterocycles. The topological polar surface area (TPSA) is 58.4 Å². The molecular formula is C14H22N6. The highest BCUT2D eigenvalue weighted by Crippen LogP contribution is 2.39. The van der Waals surface area contributed by atoms with Crippen LogP contribution in [0.3, 0.4) is 0 Å². The number of aromatic nitrogens is 4. The van der Waals surface area contributed by atoms with Gasteiger partial charge in [-0.3, -0.25) is 0 Å². The number of hydrogen-bond donors (Lipinski definition) is 1. The maximum atomic E-state index is 4.57. The molecule has 1 unspecified atom stereocenters. The van der Waals surface area contributed by atoms with Crippen molar-refractivity contribution in [3.8, 4) is 0 Å². The van der Waals surface area contributed by atoms with Crippen LogP contribution in [0.1, 0.15) is 37.8 Å². The predicted molar refractivity (Wildman–Crippen MR) is 79.0 cm³/mol. The first-order valence-corrected chi connectivity index (χ1v) is 7.26. The molecule has 0 radical (unpaired) electrons. The Labute approximate surface area is 119 Å². The monoisotopic (exact) mass is 274 g/mol. The van der Waals surface area contributed by atoms with Crippen LogP contribution >= 0.6 is 0 Å². The lowest BCUT2D eigenvalue weighted by molar-refractivity contribution is 0.304. The Kier molecular flexibility index (Phi) is 3.56. The number of hydrogen-bond acceptors (Lipinski definition) is 5. The minimum Gasteiger partial charge on any atom is -0.382 e. The standard InChI is InChI=1S/C14H22N6/c1-10(19(2)3)6-7-15-13-8-12(11-4-5-11)18-20-9-16-17-14(13)20/h8-11,15H,4-7H2,1-3H3. The van der Waals surface area contributed by atoms with Crippen molar-refractivity contribution in [2.45, 2.75) is 38.1 Å². The maximum absolute atomic E-state index is 4.57. The molecule has 1 atom stereocenters. The van der Waals surface area contributed by atoms with Crippen LogP contribution in [-0.2, 0) is 0 Å². The highest BCUT2D eigenvalue weighted by Gasteiger charge is 2.26. The second kappa shape index (κ2) is 5.36. The average molecular weight is 274 g/mol. The van der Waals surface area contributed by atoms with Crippen molar-refractivity contribution in [3.63, 3.8) is 0 Å². The molecule has 1 N–H and O–H groups in total. The molecule has 2 aromatic heterocycles. The van der Waals surface area contributed by atoms with Gasteiger partial charge in [0, 0.05) is 18.5 Å². The first kappa shape index (κ1) is 13.3. The lowest BCUT2D eigenvalue weighted by Crippen LogP contribution is -2.26. The van der Waals surface area contributed by atoms with Crippen molar-refractivity contribution in [1.29, 1.82) is 0 Å². The summed E-state index contributed by atoms with van der Waals surface area (Å²) in [7, 11) is 4.22. The van der Waals surface area contributed by atoms with E-state index in [9.17, 15) is 0 Å². The van der Waals surface area contributed by atoms with Gasteiger partial charge in [0.1, 0.15) is 6.33 Å². The molecule has 6 nitrogen and oxygen atoms in total. The highest BCUT2D eigenvalue weighted by atomic mass is 15.3. The molecule has 108 valence electrons. The first-order valence-electron chi connectivity index (χ1n) is 7.26. The van der Waals surface area contributed by atoms with Crippen molar-refractivity contribution < 1.29 is 0 Å². The van der Waals surface area contributed by atoms with Crippen LogP contribution in [0, 0.1) is 0 Å². The fourth-order valence-corrected chi connectivity index (χ4v) is 2.23. The highest BCUT2D eigenvalue weighted by molar-refractivity contribution is 5.66. The fourth-order valence-electron chi connectivity index (χ4n) is 2.23. The average Bonchev–Trinajstić information content (AvgIpc) is 3.16. The third kappa shape index (κ3) is 2.75. The molecule has 0 bridgehead atoms. The zero-order chi connectivity index (χ0) is 14.1. The van der Waals surface area contributed by atoms with Gasteiger partial charge in [-0.05, 0) is 46.3 Å². The molecule has 0 aromatic carbocycles. The molecule has 0 aliphatic heterocycles. The Morgan fingerprint density at radius 2 is 2.25 bits per heavy atom. The molecule has 3 rings (SSSR count). The van der Waals surface area contributed by atoms with Crippen molar-refractivity contribution in [1.82, 2.24) is 24.7 Å². The van der Waals surface area contributed by atoms with E-state index in [1.165, 1.54) is 12.8 Å². The van der Waals surface area contributed by atoms with Crippen LogP contribution < -0.4 is 5.32 Å². The van der Waals surface area contributed by atoms with Gasteiger partial charge in [-0.15, -0.1) is 10.2 Å². The molecule has 1 saturated carbocycles. The van der Waals surface area contributed by atoms with Gasteiger partial charge < -0.3 is 10.2 Å². The largest absolute Gasteiger partial charge is 0.382 e. The van der Waals surface area contributed by atoms with Gasteiger partial charge in [-0.2, -0.15) is 9.61 Å². The molecular weight excluding hydrogens is 252 g/mol. The van der Waals surface area contributed by atoms with Gasteiger partial charge in [0.15, 0.2) is 0 Å². The van der Waals surface area contributed by atoms with E-state index in [0.717, 1.165) is 30.0 Å². The number of nitrogens with zero attached hydrogens (tertiary/aromatic N) is 5. The van der Waals surface area contributed by atoms with Crippen LogP contribution in [0.15, 0.2) is 12.4 Å². The van der Waals surface area contributed by atoms with E-state index in [4.69, 9.17) is 0 Å². The van der Waals surface area contributed by atoms with Gasteiger partial charge in [-0.25, -0.2) is 0 Å². The van der Waals surface area contributed by atoms with Crippen LogP contribution in [-0.4, -0.2) is 51.4 Å². The molecule has 2 heterocycles. The normalized spacial score (nSPS) is 16.8. The first-order chi connectivity index (χ1) is 9.65. The predicted octanol–water partition coefficient (Wildman–Crippen LogP) is 1.75. The zero-order valence-corrected chi connectivity index (χ0v) is 12.4. The van der Waals surface area contributed by atoms with Crippen molar-refractivity contribution >= 4 is 11.3 Å². The minimum atomic E-state index is 0.557. The van der Waals surface area contributed by atoms with E-state index >= 15 is 0 Å². The summed E-state index contributed by atoms with van der Waals surface area (Å²) in [6.45, 7) is 3.16. The van der Waals surface area contributed by atoms with Crippen molar-refractivity contribution in [2.75, 3.05) is 26.0 Å². The second-order valence-electron chi connectivity index (χ2n) is 5.88. The summed E-state index contributed by atoms with van der Waals surface area (Å²) in [5.74, 6) is 0.628. The smallest absolute Gasteiger partial charge is 0.200 e. The Bertz CT molecular complexity index is 586. The number of rotatable bonds is 6. The molecule has 0 amide bonds. The Morgan fingerprint density at radius 3 is 2.95 bits per heavy atom. The molecule has 2 aromatic rings. The van der Waals surface area contributed by atoms with Crippen LogP contribution in [0.4, 0.5) is 5.69 Å². The maximum Gasteiger partial charge on any atom is 0.200 e. The van der Waals surface area contributed by atoms with E-state index in [2.05, 4.69) is 52.6 Å². The van der Waals surface area contributed by atoms with Gasteiger partial charge in [0.05, 0.1) is 11.4 Å². The van der Waals surface area contributed by atoms with Crippen molar-refractivity contribution in [3.05, 3.63) is 18.1 Å². The minimum absolute atomic E-state index is 0.557. The van der Waals surface area contributed by atoms with Crippen LogP contribution in [0.25, 0.3) is 5.65 Å². The van der Waals surface area contributed by atoms with Crippen LogP contribution in [0.2, 0.25) is 0 Å². The summed E-state index contributed by atoms with van der Waals surface area (Å²) < 4.78 is 1.78. The SMILES string of the molecule is CC(CCNc1cc(C2CC2)nn2cnnc12)N(C)C. The van der Waals surface area contributed by atoms with E-state index in [1.54, 1.807) is 10.8 Å². The van der Waals surface area contributed by atoms with E-state index in [0.29, 0.717) is 12.0 Å². The fraction of sp³-hybridized carbons (Fsp3) is 0.643. The molecule has 0 spiro atoms.